The van der Waals surface area contributed by atoms with E-state index in [0.29, 0.717) is 16.5 Å². The van der Waals surface area contributed by atoms with Gasteiger partial charge in [-0.15, -0.1) is 11.3 Å². The van der Waals surface area contributed by atoms with Crippen molar-refractivity contribution in [3.05, 3.63) is 76.0 Å². The number of benzene rings is 2. The third-order valence-electron chi connectivity index (χ3n) is 3.55. The monoisotopic (exact) mass is 369 g/mol. The van der Waals surface area contributed by atoms with E-state index in [1.165, 1.54) is 6.08 Å². The zero-order valence-electron chi connectivity index (χ0n) is 13.5. The van der Waals surface area contributed by atoms with Gasteiger partial charge in [0.05, 0.1) is 12.1 Å². The number of amides is 1. The maximum Gasteiger partial charge on any atom is 0.248 e. The van der Waals surface area contributed by atoms with Crippen molar-refractivity contribution in [3.8, 4) is 16.9 Å². The maximum atomic E-state index is 12.1. The van der Waals surface area contributed by atoms with E-state index in [2.05, 4.69) is 28.9 Å². The predicted octanol–water partition coefficient (Wildman–Crippen LogP) is 5.73. The van der Waals surface area contributed by atoms with Crippen LogP contribution in [0.15, 0.2) is 66.1 Å². The third-order valence-corrected chi connectivity index (χ3v) is 4.74. The molecule has 2 aromatic carbocycles. The van der Waals surface area contributed by atoms with Crippen molar-refractivity contribution >= 4 is 40.6 Å². The quantitative estimate of drug-likeness (QED) is 0.583. The normalized spacial score (nSPS) is 10.8. The highest BCUT2D eigenvalue weighted by Gasteiger charge is 2.04. The van der Waals surface area contributed by atoms with Crippen molar-refractivity contribution in [3.63, 3.8) is 0 Å². The summed E-state index contributed by atoms with van der Waals surface area (Å²) in [5.41, 5.74) is 2.93. The lowest BCUT2D eigenvalue weighted by Gasteiger charge is -2.06. The Morgan fingerprint density at radius 3 is 2.64 bits per heavy atom. The molecule has 1 amide bonds. The number of anilines is 1. The molecule has 1 heterocycles. The smallest absolute Gasteiger partial charge is 0.248 e. The number of rotatable bonds is 5. The van der Waals surface area contributed by atoms with Gasteiger partial charge in [-0.1, -0.05) is 41.9 Å². The second kappa shape index (κ2) is 8.01. The molecular weight excluding hydrogens is 354 g/mol. The summed E-state index contributed by atoms with van der Waals surface area (Å²) < 4.78 is 5.09. The van der Waals surface area contributed by atoms with Gasteiger partial charge in [0.2, 0.25) is 5.91 Å². The van der Waals surface area contributed by atoms with Crippen LogP contribution in [0.4, 0.5) is 5.69 Å². The molecule has 25 heavy (non-hydrogen) atoms. The molecule has 0 bridgehead atoms. The van der Waals surface area contributed by atoms with Gasteiger partial charge in [0.1, 0.15) is 5.75 Å². The average molecular weight is 370 g/mol. The standard InChI is InChI=1S/C20H16ClNO2S/c1-24-19-9-7-16(12-18(19)21)22-20(23)10-8-17-11-15(13-25-17)14-5-3-2-4-6-14/h2-13H,1H3,(H,22,23)/b10-8+. The van der Waals surface area contributed by atoms with E-state index in [9.17, 15) is 4.79 Å². The van der Waals surface area contributed by atoms with E-state index < -0.39 is 0 Å². The maximum absolute atomic E-state index is 12.1. The molecule has 0 aliphatic rings. The first kappa shape index (κ1) is 17.3. The number of hydrogen-bond acceptors (Lipinski definition) is 3. The molecule has 126 valence electrons. The molecule has 3 nitrogen and oxygen atoms in total. The molecule has 3 rings (SSSR count). The van der Waals surface area contributed by atoms with Crippen LogP contribution < -0.4 is 10.1 Å². The summed E-state index contributed by atoms with van der Waals surface area (Å²) in [6.07, 6.45) is 3.32. The highest BCUT2D eigenvalue weighted by Crippen LogP contribution is 2.28. The van der Waals surface area contributed by atoms with E-state index in [1.807, 2.05) is 18.2 Å². The summed E-state index contributed by atoms with van der Waals surface area (Å²) in [4.78, 5) is 13.1. The van der Waals surface area contributed by atoms with Crippen LogP contribution in [0.25, 0.3) is 17.2 Å². The number of halogens is 1. The molecule has 1 N–H and O–H groups in total. The molecule has 0 radical (unpaired) electrons. The van der Waals surface area contributed by atoms with E-state index >= 15 is 0 Å². The van der Waals surface area contributed by atoms with Gasteiger partial charge in [-0.25, -0.2) is 0 Å². The Bertz CT molecular complexity index is 903. The van der Waals surface area contributed by atoms with Gasteiger partial charge in [0, 0.05) is 16.6 Å². The molecule has 0 aliphatic heterocycles. The van der Waals surface area contributed by atoms with Crippen LogP contribution in [-0.4, -0.2) is 13.0 Å². The molecule has 0 aliphatic carbocycles. The van der Waals surface area contributed by atoms with E-state index in [0.717, 1.165) is 16.0 Å². The summed E-state index contributed by atoms with van der Waals surface area (Å²) in [5, 5.41) is 5.31. The number of methoxy groups -OCH3 is 1. The lowest BCUT2D eigenvalue weighted by molar-refractivity contribution is -0.111. The molecule has 5 heteroatoms. The van der Waals surface area contributed by atoms with E-state index in [-0.39, 0.29) is 5.91 Å². The topological polar surface area (TPSA) is 38.3 Å². The van der Waals surface area contributed by atoms with Crippen LogP contribution >= 0.6 is 22.9 Å². The minimum Gasteiger partial charge on any atom is -0.495 e. The van der Waals surface area contributed by atoms with Gasteiger partial charge in [-0.05, 0) is 46.8 Å². The zero-order chi connectivity index (χ0) is 17.6. The molecule has 3 aromatic rings. The van der Waals surface area contributed by atoms with Crippen molar-refractivity contribution in [2.24, 2.45) is 0 Å². The number of ether oxygens (including phenoxy) is 1. The summed E-state index contributed by atoms with van der Waals surface area (Å²) in [5.74, 6) is 0.359. The second-order valence-electron chi connectivity index (χ2n) is 5.28. The first-order chi connectivity index (χ1) is 12.2. The second-order valence-corrected chi connectivity index (χ2v) is 6.63. The Morgan fingerprint density at radius 1 is 1.12 bits per heavy atom. The van der Waals surface area contributed by atoms with Crippen LogP contribution in [-0.2, 0) is 4.79 Å². The van der Waals surface area contributed by atoms with Crippen molar-refractivity contribution < 1.29 is 9.53 Å². The van der Waals surface area contributed by atoms with Crippen LogP contribution in [0.1, 0.15) is 4.88 Å². The first-order valence-electron chi connectivity index (χ1n) is 7.62. The Hall–Kier alpha value is -2.56. The van der Waals surface area contributed by atoms with E-state index in [4.69, 9.17) is 16.3 Å². The summed E-state index contributed by atoms with van der Waals surface area (Å²) >= 11 is 7.65. The fraction of sp³-hybridized carbons (Fsp3) is 0.0500. The average Bonchev–Trinajstić information content (AvgIpc) is 3.10. The molecule has 0 unspecified atom stereocenters. The molecule has 0 saturated carbocycles. The molecule has 0 atom stereocenters. The third kappa shape index (κ3) is 4.50. The molecule has 0 saturated heterocycles. The van der Waals surface area contributed by atoms with Crippen molar-refractivity contribution in [1.29, 1.82) is 0 Å². The van der Waals surface area contributed by atoms with Crippen molar-refractivity contribution in [2.75, 3.05) is 12.4 Å². The highest BCUT2D eigenvalue weighted by atomic mass is 35.5. The SMILES string of the molecule is COc1ccc(NC(=O)/C=C/c2cc(-c3ccccc3)cs2)cc1Cl. The van der Waals surface area contributed by atoms with Crippen LogP contribution in [0.2, 0.25) is 5.02 Å². The lowest BCUT2D eigenvalue weighted by Crippen LogP contribution is -2.07. The first-order valence-corrected chi connectivity index (χ1v) is 8.88. The van der Waals surface area contributed by atoms with Gasteiger partial charge in [-0.2, -0.15) is 0 Å². The van der Waals surface area contributed by atoms with Crippen LogP contribution in [0, 0.1) is 0 Å². The van der Waals surface area contributed by atoms with Gasteiger partial charge in [-0.3, -0.25) is 4.79 Å². The highest BCUT2D eigenvalue weighted by molar-refractivity contribution is 7.11. The summed E-state index contributed by atoms with van der Waals surface area (Å²) in [7, 11) is 1.55. The summed E-state index contributed by atoms with van der Waals surface area (Å²) in [6.45, 7) is 0. The van der Waals surface area contributed by atoms with Gasteiger partial charge in [0.25, 0.3) is 0 Å². The molecule has 0 fully saturated rings. The summed E-state index contributed by atoms with van der Waals surface area (Å²) in [6, 6.07) is 17.3. The number of carbonyl (C=O) groups excluding carboxylic acids is 1. The number of thiophene rings is 1. The Labute approximate surface area is 155 Å². The van der Waals surface area contributed by atoms with Crippen LogP contribution in [0.5, 0.6) is 5.75 Å². The minimum absolute atomic E-state index is 0.212. The van der Waals surface area contributed by atoms with E-state index in [1.54, 1.807) is 42.7 Å². The Morgan fingerprint density at radius 2 is 1.92 bits per heavy atom. The predicted molar refractivity (Wildman–Crippen MR) is 105 cm³/mol. The number of carbonyl (C=O) groups is 1. The minimum atomic E-state index is -0.212. The largest absolute Gasteiger partial charge is 0.495 e. The van der Waals surface area contributed by atoms with Crippen molar-refractivity contribution in [1.82, 2.24) is 0 Å². The fourth-order valence-electron chi connectivity index (χ4n) is 2.31. The van der Waals surface area contributed by atoms with Gasteiger partial charge in [0.15, 0.2) is 0 Å². The van der Waals surface area contributed by atoms with Gasteiger partial charge >= 0.3 is 0 Å². The Balaban J connectivity index is 1.65. The van der Waals surface area contributed by atoms with Crippen molar-refractivity contribution in [2.45, 2.75) is 0 Å². The molecular formula is C20H16ClNO2S. The number of nitrogens with one attached hydrogen (secondary N) is 1. The zero-order valence-corrected chi connectivity index (χ0v) is 15.1. The van der Waals surface area contributed by atoms with Gasteiger partial charge < -0.3 is 10.1 Å². The fourth-order valence-corrected chi connectivity index (χ4v) is 3.37. The van der Waals surface area contributed by atoms with Crippen LogP contribution in [0.3, 0.4) is 0 Å². The lowest BCUT2D eigenvalue weighted by atomic mass is 10.1. The Kier molecular flexibility index (Phi) is 5.53. The number of hydrogen-bond donors (Lipinski definition) is 1. The molecule has 0 spiro atoms. The molecule has 1 aromatic heterocycles.